The van der Waals surface area contributed by atoms with Crippen LogP contribution < -0.4 is 20.5 Å². The van der Waals surface area contributed by atoms with Gasteiger partial charge in [0.15, 0.2) is 11.5 Å². The standard InChI is InChI=1S/C16H16N2O3/c17-16(19)12-3-1-11(2-4-12)10-18-13-5-6-14-15(9-13)21-8-7-20-14/h1-6,9,18H,7-8,10H2,(H2,17,19). The molecule has 0 spiro atoms. The second-order valence-corrected chi connectivity index (χ2v) is 4.77. The first-order chi connectivity index (χ1) is 10.2. The highest BCUT2D eigenvalue weighted by Gasteiger charge is 2.11. The summed E-state index contributed by atoms with van der Waals surface area (Å²) in [6, 6.07) is 13.0. The van der Waals surface area contributed by atoms with E-state index in [2.05, 4.69) is 5.32 Å². The number of fused-ring (bicyclic) bond motifs is 1. The molecule has 0 fully saturated rings. The van der Waals surface area contributed by atoms with Crippen molar-refractivity contribution < 1.29 is 14.3 Å². The number of rotatable bonds is 4. The molecule has 1 amide bonds. The summed E-state index contributed by atoms with van der Waals surface area (Å²) >= 11 is 0. The summed E-state index contributed by atoms with van der Waals surface area (Å²) in [7, 11) is 0. The lowest BCUT2D eigenvalue weighted by molar-refractivity contribution is 0.100. The van der Waals surface area contributed by atoms with Crippen LogP contribution in [0.25, 0.3) is 0 Å². The molecule has 21 heavy (non-hydrogen) atoms. The highest BCUT2D eigenvalue weighted by Crippen LogP contribution is 2.32. The van der Waals surface area contributed by atoms with Crippen LogP contribution in [0.3, 0.4) is 0 Å². The molecule has 1 aliphatic rings. The number of hydrogen-bond acceptors (Lipinski definition) is 4. The fourth-order valence-electron chi connectivity index (χ4n) is 2.14. The molecule has 3 rings (SSSR count). The number of anilines is 1. The highest BCUT2D eigenvalue weighted by atomic mass is 16.6. The van der Waals surface area contributed by atoms with Gasteiger partial charge in [0.05, 0.1) is 0 Å². The summed E-state index contributed by atoms with van der Waals surface area (Å²) in [5.41, 5.74) is 7.75. The van der Waals surface area contributed by atoms with Crippen LogP contribution in [0.15, 0.2) is 42.5 Å². The molecule has 1 heterocycles. The van der Waals surface area contributed by atoms with Gasteiger partial charge in [-0.1, -0.05) is 12.1 Å². The fourth-order valence-corrected chi connectivity index (χ4v) is 2.14. The van der Waals surface area contributed by atoms with E-state index in [1.807, 2.05) is 30.3 Å². The minimum atomic E-state index is -0.415. The van der Waals surface area contributed by atoms with Crippen molar-refractivity contribution in [3.05, 3.63) is 53.6 Å². The maximum Gasteiger partial charge on any atom is 0.248 e. The van der Waals surface area contributed by atoms with Crippen molar-refractivity contribution in [3.63, 3.8) is 0 Å². The van der Waals surface area contributed by atoms with E-state index in [1.165, 1.54) is 0 Å². The summed E-state index contributed by atoms with van der Waals surface area (Å²) in [5.74, 6) is 1.12. The normalized spacial score (nSPS) is 12.8. The fraction of sp³-hybridized carbons (Fsp3) is 0.188. The van der Waals surface area contributed by atoms with Crippen molar-refractivity contribution in [2.24, 2.45) is 5.73 Å². The smallest absolute Gasteiger partial charge is 0.248 e. The minimum absolute atomic E-state index is 0.415. The van der Waals surface area contributed by atoms with Crippen molar-refractivity contribution in [2.45, 2.75) is 6.54 Å². The molecule has 5 nitrogen and oxygen atoms in total. The molecular weight excluding hydrogens is 268 g/mol. The van der Waals surface area contributed by atoms with Crippen LogP contribution in [-0.4, -0.2) is 19.1 Å². The quantitative estimate of drug-likeness (QED) is 0.902. The van der Waals surface area contributed by atoms with Gasteiger partial charge in [0, 0.05) is 23.9 Å². The number of hydrogen-bond donors (Lipinski definition) is 2. The Kier molecular flexibility index (Phi) is 3.64. The lowest BCUT2D eigenvalue weighted by atomic mass is 10.1. The van der Waals surface area contributed by atoms with Crippen LogP contribution in [-0.2, 0) is 6.54 Å². The Morgan fingerprint density at radius 3 is 2.48 bits per heavy atom. The zero-order chi connectivity index (χ0) is 14.7. The van der Waals surface area contributed by atoms with Crippen molar-refractivity contribution >= 4 is 11.6 Å². The third kappa shape index (κ3) is 3.08. The summed E-state index contributed by atoms with van der Waals surface area (Å²) in [6.45, 7) is 1.82. The van der Waals surface area contributed by atoms with Gasteiger partial charge in [0.2, 0.25) is 5.91 Å². The lowest BCUT2D eigenvalue weighted by Gasteiger charge is -2.19. The number of amides is 1. The second kappa shape index (κ2) is 5.75. The Morgan fingerprint density at radius 2 is 1.76 bits per heavy atom. The maximum absolute atomic E-state index is 11.0. The Morgan fingerprint density at radius 1 is 1.05 bits per heavy atom. The van der Waals surface area contributed by atoms with Crippen molar-refractivity contribution in [1.29, 1.82) is 0 Å². The first-order valence-corrected chi connectivity index (χ1v) is 6.74. The zero-order valence-corrected chi connectivity index (χ0v) is 11.5. The second-order valence-electron chi connectivity index (χ2n) is 4.77. The Bertz CT molecular complexity index is 653. The van der Waals surface area contributed by atoms with Gasteiger partial charge >= 0.3 is 0 Å². The highest BCUT2D eigenvalue weighted by molar-refractivity contribution is 5.92. The molecule has 5 heteroatoms. The first kappa shape index (κ1) is 13.3. The third-order valence-electron chi connectivity index (χ3n) is 3.28. The van der Waals surface area contributed by atoms with E-state index < -0.39 is 5.91 Å². The molecule has 2 aromatic carbocycles. The van der Waals surface area contributed by atoms with Gasteiger partial charge < -0.3 is 20.5 Å². The Hall–Kier alpha value is -2.69. The van der Waals surface area contributed by atoms with Crippen molar-refractivity contribution in [1.82, 2.24) is 0 Å². The molecule has 0 radical (unpaired) electrons. The number of ether oxygens (including phenoxy) is 2. The van der Waals surface area contributed by atoms with E-state index in [0.29, 0.717) is 25.3 Å². The summed E-state index contributed by atoms with van der Waals surface area (Å²) in [6.07, 6.45) is 0. The molecule has 0 saturated heterocycles. The molecule has 1 aliphatic heterocycles. The van der Waals surface area contributed by atoms with Crippen molar-refractivity contribution in [2.75, 3.05) is 18.5 Å². The van der Waals surface area contributed by atoms with Crippen LogP contribution in [0, 0.1) is 0 Å². The average Bonchev–Trinajstić information content (AvgIpc) is 2.53. The number of benzene rings is 2. The van der Waals surface area contributed by atoms with E-state index in [4.69, 9.17) is 15.2 Å². The van der Waals surface area contributed by atoms with Gasteiger partial charge in [0.1, 0.15) is 13.2 Å². The Labute approximate surface area is 122 Å². The molecule has 0 unspecified atom stereocenters. The van der Waals surface area contributed by atoms with Crippen molar-refractivity contribution in [3.8, 4) is 11.5 Å². The molecule has 3 N–H and O–H groups in total. The lowest BCUT2D eigenvalue weighted by Crippen LogP contribution is -2.15. The average molecular weight is 284 g/mol. The molecule has 0 aliphatic carbocycles. The molecule has 0 saturated carbocycles. The maximum atomic E-state index is 11.0. The first-order valence-electron chi connectivity index (χ1n) is 6.74. The van der Waals surface area contributed by atoms with Gasteiger partial charge in [-0.3, -0.25) is 4.79 Å². The van der Waals surface area contributed by atoms with Crippen LogP contribution >= 0.6 is 0 Å². The number of carbonyl (C=O) groups excluding carboxylic acids is 1. The molecule has 2 aromatic rings. The van der Waals surface area contributed by atoms with Crippen LogP contribution in [0.2, 0.25) is 0 Å². The summed E-state index contributed by atoms with van der Waals surface area (Å²) in [4.78, 5) is 11.0. The van der Waals surface area contributed by atoms with Crippen LogP contribution in [0.5, 0.6) is 11.5 Å². The van der Waals surface area contributed by atoms with Gasteiger partial charge in [-0.05, 0) is 29.8 Å². The third-order valence-corrected chi connectivity index (χ3v) is 3.28. The van der Waals surface area contributed by atoms with Crippen LogP contribution in [0.4, 0.5) is 5.69 Å². The molecule has 0 aromatic heterocycles. The van der Waals surface area contributed by atoms with E-state index in [0.717, 1.165) is 22.7 Å². The molecule has 108 valence electrons. The van der Waals surface area contributed by atoms with E-state index in [1.54, 1.807) is 12.1 Å². The topological polar surface area (TPSA) is 73.6 Å². The molecular formula is C16H16N2O3. The molecule has 0 bridgehead atoms. The Balaban J connectivity index is 1.65. The predicted octanol–water partition coefficient (Wildman–Crippen LogP) is 2.17. The van der Waals surface area contributed by atoms with Gasteiger partial charge in [-0.15, -0.1) is 0 Å². The number of nitrogens with one attached hydrogen (secondary N) is 1. The van der Waals surface area contributed by atoms with E-state index >= 15 is 0 Å². The zero-order valence-electron chi connectivity index (χ0n) is 11.5. The van der Waals surface area contributed by atoms with E-state index in [9.17, 15) is 4.79 Å². The predicted molar refractivity (Wildman–Crippen MR) is 79.7 cm³/mol. The van der Waals surface area contributed by atoms with E-state index in [-0.39, 0.29) is 0 Å². The van der Waals surface area contributed by atoms with Gasteiger partial charge in [-0.25, -0.2) is 0 Å². The van der Waals surface area contributed by atoms with Crippen LogP contribution in [0.1, 0.15) is 15.9 Å². The van der Waals surface area contributed by atoms with Gasteiger partial charge in [0.25, 0.3) is 0 Å². The SMILES string of the molecule is NC(=O)c1ccc(CNc2ccc3c(c2)OCCO3)cc1. The summed E-state index contributed by atoms with van der Waals surface area (Å²) in [5, 5.41) is 3.31. The summed E-state index contributed by atoms with van der Waals surface area (Å²) < 4.78 is 11.0. The largest absolute Gasteiger partial charge is 0.486 e. The van der Waals surface area contributed by atoms with Gasteiger partial charge in [-0.2, -0.15) is 0 Å². The molecule has 0 atom stereocenters. The monoisotopic (exact) mass is 284 g/mol. The number of carbonyl (C=O) groups is 1. The number of primary amides is 1. The number of nitrogens with two attached hydrogens (primary N) is 1. The minimum Gasteiger partial charge on any atom is -0.486 e.